The Morgan fingerprint density at radius 3 is 2.32 bits per heavy atom. The second-order valence-corrected chi connectivity index (χ2v) is 5.01. The molecule has 25 heavy (non-hydrogen) atoms. The van der Waals surface area contributed by atoms with E-state index in [0.29, 0.717) is 24.7 Å². The van der Waals surface area contributed by atoms with Crippen LogP contribution in [0.1, 0.15) is 34.6 Å². The molecule has 132 valence electrons. The minimum absolute atomic E-state index is 0.114. The van der Waals surface area contributed by atoms with Crippen molar-refractivity contribution in [3.05, 3.63) is 59.4 Å². The lowest BCUT2D eigenvalue weighted by Gasteiger charge is -2.12. The van der Waals surface area contributed by atoms with Crippen LogP contribution in [0.15, 0.2) is 42.5 Å². The van der Waals surface area contributed by atoms with Gasteiger partial charge in [-0.05, 0) is 44.2 Å². The quantitative estimate of drug-likeness (QED) is 0.539. The van der Waals surface area contributed by atoms with Gasteiger partial charge in [0.05, 0.1) is 24.3 Å². The van der Waals surface area contributed by atoms with Gasteiger partial charge in [0.1, 0.15) is 5.82 Å². The van der Waals surface area contributed by atoms with Crippen LogP contribution in [0.4, 0.5) is 4.39 Å². The minimum Gasteiger partial charge on any atom is -0.490 e. The average Bonchev–Trinajstić information content (AvgIpc) is 2.61. The highest BCUT2D eigenvalue weighted by atomic mass is 19.1. The molecule has 0 aliphatic rings. The van der Waals surface area contributed by atoms with Crippen molar-refractivity contribution in [2.45, 2.75) is 13.8 Å². The normalized spacial score (nSPS) is 10.2. The van der Waals surface area contributed by atoms with Crippen LogP contribution in [-0.4, -0.2) is 31.6 Å². The first-order valence-corrected chi connectivity index (χ1v) is 7.91. The largest absolute Gasteiger partial charge is 0.490 e. The number of esters is 1. The number of benzene rings is 2. The Morgan fingerprint density at radius 1 is 0.960 bits per heavy atom. The maximum Gasteiger partial charge on any atom is 0.338 e. The molecule has 2 aromatic carbocycles. The number of ether oxygens (including phenoxy) is 3. The van der Waals surface area contributed by atoms with Crippen LogP contribution in [0.25, 0.3) is 0 Å². The van der Waals surface area contributed by atoms with E-state index >= 15 is 0 Å². The van der Waals surface area contributed by atoms with E-state index in [9.17, 15) is 14.0 Å². The van der Waals surface area contributed by atoms with Crippen LogP contribution in [0.5, 0.6) is 11.5 Å². The number of hydrogen-bond acceptors (Lipinski definition) is 5. The summed E-state index contributed by atoms with van der Waals surface area (Å²) in [5.74, 6) is -1.03. The summed E-state index contributed by atoms with van der Waals surface area (Å²) >= 11 is 0. The predicted molar refractivity (Wildman–Crippen MR) is 89.8 cm³/mol. The predicted octanol–water partition coefficient (Wildman–Crippen LogP) is 3.66. The minimum atomic E-state index is -0.700. The molecule has 2 rings (SSSR count). The van der Waals surface area contributed by atoms with Gasteiger partial charge in [-0.3, -0.25) is 4.79 Å². The maximum absolute atomic E-state index is 13.6. The molecule has 0 amide bonds. The first kappa shape index (κ1) is 18.4. The Bertz CT molecular complexity index is 757. The third kappa shape index (κ3) is 4.79. The zero-order valence-electron chi connectivity index (χ0n) is 14.1. The van der Waals surface area contributed by atoms with Gasteiger partial charge in [-0.2, -0.15) is 0 Å². The Balaban J connectivity index is 2.06. The fraction of sp³-hybridized carbons (Fsp3) is 0.263. The molecular formula is C19H19FO5. The summed E-state index contributed by atoms with van der Waals surface area (Å²) in [5.41, 5.74) is 0.102. The van der Waals surface area contributed by atoms with Gasteiger partial charge in [0.25, 0.3) is 0 Å². The number of halogens is 1. The van der Waals surface area contributed by atoms with Crippen LogP contribution >= 0.6 is 0 Å². The van der Waals surface area contributed by atoms with E-state index in [4.69, 9.17) is 14.2 Å². The van der Waals surface area contributed by atoms with E-state index in [1.807, 2.05) is 13.8 Å². The third-order valence-electron chi connectivity index (χ3n) is 3.29. The molecular weight excluding hydrogens is 327 g/mol. The Kier molecular flexibility index (Phi) is 6.51. The van der Waals surface area contributed by atoms with Gasteiger partial charge in [-0.15, -0.1) is 0 Å². The van der Waals surface area contributed by atoms with Crippen molar-refractivity contribution in [3.8, 4) is 11.5 Å². The van der Waals surface area contributed by atoms with Crippen LogP contribution in [0.3, 0.4) is 0 Å². The van der Waals surface area contributed by atoms with Gasteiger partial charge in [0.15, 0.2) is 18.1 Å². The molecule has 0 spiro atoms. The number of ketones is 1. The first-order valence-electron chi connectivity index (χ1n) is 7.91. The Morgan fingerprint density at radius 2 is 1.64 bits per heavy atom. The molecule has 0 saturated heterocycles. The lowest BCUT2D eigenvalue weighted by Crippen LogP contribution is -2.15. The molecule has 0 saturated carbocycles. The molecule has 0 heterocycles. The maximum atomic E-state index is 13.6. The fourth-order valence-electron chi connectivity index (χ4n) is 2.16. The van der Waals surface area contributed by atoms with E-state index in [1.165, 1.54) is 30.3 Å². The summed E-state index contributed by atoms with van der Waals surface area (Å²) in [6, 6.07) is 10.1. The molecule has 0 aliphatic carbocycles. The van der Waals surface area contributed by atoms with Gasteiger partial charge in [-0.1, -0.05) is 12.1 Å². The molecule has 2 aromatic rings. The molecule has 0 atom stereocenters. The molecule has 0 bridgehead atoms. The fourth-order valence-corrected chi connectivity index (χ4v) is 2.16. The van der Waals surface area contributed by atoms with Crippen molar-refractivity contribution in [2.75, 3.05) is 19.8 Å². The molecule has 0 aliphatic heterocycles. The average molecular weight is 346 g/mol. The van der Waals surface area contributed by atoms with Crippen molar-refractivity contribution >= 4 is 11.8 Å². The van der Waals surface area contributed by atoms with Gasteiger partial charge in [-0.25, -0.2) is 9.18 Å². The van der Waals surface area contributed by atoms with E-state index in [2.05, 4.69) is 0 Å². The number of carbonyl (C=O) groups excluding carboxylic acids is 2. The van der Waals surface area contributed by atoms with E-state index < -0.39 is 24.2 Å². The highest BCUT2D eigenvalue weighted by Crippen LogP contribution is 2.28. The van der Waals surface area contributed by atoms with E-state index in [-0.39, 0.29) is 11.1 Å². The van der Waals surface area contributed by atoms with Crippen LogP contribution in [0.2, 0.25) is 0 Å². The zero-order chi connectivity index (χ0) is 18.2. The van der Waals surface area contributed by atoms with Crippen molar-refractivity contribution in [3.63, 3.8) is 0 Å². The number of rotatable bonds is 8. The van der Waals surface area contributed by atoms with Crippen molar-refractivity contribution in [1.29, 1.82) is 0 Å². The number of carbonyl (C=O) groups is 2. The molecule has 6 heteroatoms. The highest BCUT2D eigenvalue weighted by Gasteiger charge is 2.16. The molecule has 0 aromatic heterocycles. The Hall–Kier alpha value is -2.89. The van der Waals surface area contributed by atoms with Crippen molar-refractivity contribution < 1.29 is 28.2 Å². The topological polar surface area (TPSA) is 61.8 Å². The van der Waals surface area contributed by atoms with Crippen molar-refractivity contribution in [2.24, 2.45) is 0 Å². The zero-order valence-corrected chi connectivity index (χ0v) is 14.1. The summed E-state index contributed by atoms with van der Waals surface area (Å²) < 4.78 is 29.4. The monoisotopic (exact) mass is 346 g/mol. The van der Waals surface area contributed by atoms with E-state index in [0.717, 1.165) is 0 Å². The van der Waals surface area contributed by atoms with Gasteiger partial charge in [0.2, 0.25) is 5.78 Å². The van der Waals surface area contributed by atoms with Gasteiger partial charge in [0, 0.05) is 0 Å². The van der Waals surface area contributed by atoms with E-state index in [1.54, 1.807) is 12.1 Å². The number of hydrogen-bond donors (Lipinski definition) is 0. The first-order chi connectivity index (χ1) is 12.1. The molecule has 0 unspecified atom stereocenters. The van der Waals surface area contributed by atoms with Crippen molar-refractivity contribution in [1.82, 2.24) is 0 Å². The molecule has 5 nitrogen and oxygen atoms in total. The summed E-state index contributed by atoms with van der Waals surface area (Å²) in [5, 5.41) is 0. The molecule has 0 fully saturated rings. The smallest absolute Gasteiger partial charge is 0.338 e. The Labute approximate surface area is 145 Å². The van der Waals surface area contributed by atoms with Gasteiger partial charge >= 0.3 is 5.97 Å². The van der Waals surface area contributed by atoms with Crippen LogP contribution < -0.4 is 9.47 Å². The summed E-state index contributed by atoms with van der Waals surface area (Å²) in [6.45, 7) is 3.97. The van der Waals surface area contributed by atoms with Gasteiger partial charge < -0.3 is 14.2 Å². The summed E-state index contributed by atoms with van der Waals surface area (Å²) in [6.07, 6.45) is 0. The second kappa shape index (κ2) is 8.82. The molecule has 0 radical (unpaired) electrons. The third-order valence-corrected chi connectivity index (χ3v) is 3.29. The second-order valence-electron chi connectivity index (χ2n) is 5.01. The molecule has 0 N–H and O–H groups in total. The standard InChI is InChI=1S/C19H19FO5/c1-3-23-17-10-9-13(11-18(17)24-4-2)19(22)25-12-16(21)14-7-5-6-8-15(14)20/h5-11H,3-4,12H2,1-2H3. The lowest BCUT2D eigenvalue weighted by atomic mass is 10.1. The van der Waals surface area contributed by atoms with Crippen LogP contribution in [-0.2, 0) is 4.74 Å². The SMILES string of the molecule is CCOc1ccc(C(=O)OCC(=O)c2ccccc2F)cc1OCC. The highest BCUT2D eigenvalue weighted by molar-refractivity contribution is 5.99. The lowest BCUT2D eigenvalue weighted by molar-refractivity contribution is 0.0473. The number of Topliss-reactive ketones (excluding diaryl/α,β-unsaturated/α-hetero) is 1. The van der Waals surface area contributed by atoms with Crippen LogP contribution in [0, 0.1) is 5.82 Å². The summed E-state index contributed by atoms with van der Waals surface area (Å²) in [7, 11) is 0. The summed E-state index contributed by atoms with van der Waals surface area (Å²) in [4.78, 5) is 24.1.